The summed E-state index contributed by atoms with van der Waals surface area (Å²) >= 11 is 0. The first-order valence-electron chi connectivity index (χ1n) is 10.0. The average Bonchev–Trinajstić information content (AvgIpc) is 3.25. The first-order chi connectivity index (χ1) is 14.2. The summed E-state index contributed by atoms with van der Waals surface area (Å²) in [5.74, 6) is 0.537. The molecule has 152 valence electrons. The fraction of sp³-hybridized carbons (Fsp3) is 0.391. The number of carbonyl (C=O) groups is 2. The molecule has 29 heavy (non-hydrogen) atoms. The first kappa shape index (κ1) is 19.5. The Morgan fingerprint density at radius 2 is 1.62 bits per heavy atom. The second-order valence-corrected chi connectivity index (χ2v) is 7.50. The highest BCUT2D eigenvalue weighted by atomic mass is 16.5. The number of morpholine rings is 1. The number of benzene rings is 2. The van der Waals surface area contributed by atoms with Crippen LogP contribution in [0, 0.1) is 5.92 Å². The van der Waals surface area contributed by atoms with Gasteiger partial charge in [-0.1, -0.05) is 30.3 Å². The number of methoxy groups -OCH3 is 1. The molecule has 0 N–H and O–H groups in total. The van der Waals surface area contributed by atoms with Gasteiger partial charge in [0.05, 0.1) is 26.2 Å². The minimum Gasteiger partial charge on any atom is -0.497 e. The van der Waals surface area contributed by atoms with Gasteiger partial charge in [-0.3, -0.25) is 9.59 Å². The predicted molar refractivity (Wildman–Crippen MR) is 109 cm³/mol. The summed E-state index contributed by atoms with van der Waals surface area (Å²) in [6.45, 7) is 3.34. The van der Waals surface area contributed by atoms with Crippen LogP contribution >= 0.6 is 0 Å². The van der Waals surface area contributed by atoms with E-state index < -0.39 is 0 Å². The molecule has 2 amide bonds. The number of carbonyl (C=O) groups excluding carboxylic acids is 2. The van der Waals surface area contributed by atoms with Crippen LogP contribution in [0.4, 0.5) is 0 Å². The second kappa shape index (κ2) is 8.66. The van der Waals surface area contributed by atoms with Crippen molar-refractivity contribution in [3.8, 4) is 5.75 Å². The normalized spacial score (nSPS) is 21.8. The van der Waals surface area contributed by atoms with E-state index in [1.807, 2.05) is 40.1 Å². The van der Waals surface area contributed by atoms with Crippen LogP contribution in [0.3, 0.4) is 0 Å². The van der Waals surface area contributed by atoms with Crippen LogP contribution in [0.2, 0.25) is 0 Å². The molecule has 2 unspecified atom stereocenters. The summed E-state index contributed by atoms with van der Waals surface area (Å²) in [4.78, 5) is 30.1. The van der Waals surface area contributed by atoms with Gasteiger partial charge in [-0.15, -0.1) is 0 Å². The van der Waals surface area contributed by atoms with Crippen molar-refractivity contribution in [1.82, 2.24) is 9.80 Å². The number of nitrogens with zero attached hydrogens (tertiary/aromatic N) is 2. The van der Waals surface area contributed by atoms with Gasteiger partial charge in [0, 0.05) is 37.7 Å². The van der Waals surface area contributed by atoms with Crippen LogP contribution in [0.1, 0.15) is 21.8 Å². The molecule has 0 saturated carbocycles. The van der Waals surface area contributed by atoms with Crippen LogP contribution in [0.15, 0.2) is 54.6 Å². The van der Waals surface area contributed by atoms with Crippen LogP contribution < -0.4 is 4.74 Å². The number of rotatable bonds is 4. The average molecular weight is 394 g/mol. The zero-order valence-corrected chi connectivity index (χ0v) is 16.6. The van der Waals surface area contributed by atoms with Gasteiger partial charge in [0.1, 0.15) is 5.75 Å². The van der Waals surface area contributed by atoms with Crippen molar-refractivity contribution >= 4 is 11.8 Å². The quantitative estimate of drug-likeness (QED) is 0.799. The Hall–Kier alpha value is -2.86. The van der Waals surface area contributed by atoms with Crippen LogP contribution in [-0.4, -0.2) is 68.1 Å². The van der Waals surface area contributed by atoms with Gasteiger partial charge in [0.15, 0.2) is 0 Å². The van der Waals surface area contributed by atoms with Crippen molar-refractivity contribution in [3.63, 3.8) is 0 Å². The molecule has 0 radical (unpaired) electrons. The number of hydrogen-bond donors (Lipinski definition) is 0. The van der Waals surface area contributed by atoms with Crippen LogP contribution in [0.25, 0.3) is 0 Å². The molecule has 2 aromatic rings. The van der Waals surface area contributed by atoms with Gasteiger partial charge < -0.3 is 19.3 Å². The van der Waals surface area contributed by atoms with Crippen LogP contribution in [-0.2, 0) is 9.53 Å². The zero-order valence-electron chi connectivity index (χ0n) is 16.6. The third kappa shape index (κ3) is 4.12. The summed E-state index contributed by atoms with van der Waals surface area (Å²) in [5.41, 5.74) is 1.71. The van der Waals surface area contributed by atoms with Gasteiger partial charge in [-0.25, -0.2) is 0 Å². The third-order valence-corrected chi connectivity index (χ3v) is 5.81. The number of amides is 2. The van der Waals surface area contributed by atoms with Gasteiger partial charge in [-0.05, 0) is 29.8 Å². The van der Waals surface area contributed by atoms with E-state index in [4.69, 9.17) is 9.47 Å². The molecule has 0 spiro atoms. The summed E-state index contributed by atoms with van der Waals surface area (Å²) in [6.07, 6.45) is 0. The van der Waals surface area contributed by atoms with E-state index in [-0.39, 0.29) is 23.7 Å². The maximum atomic E-state index is 13.3. The Morgan fingerprint density at radius 3 is 2.28 bits per heavy atom. The Morgan fingerprint density at radius 1 is 0.931 bits per heavy atom. The lowest BCUT2D eigenvalue weighted by molar-refractivity contribution is -0.139. The lowest BCUT2D eigenvalue weighted by Gasteiger charge is -2.30. The van der Waals surface area contributed by atoms with E-state index in [2.05, 4.69) is 0 Å². The van der Waals surface area contributed by atoms with Crippen LogP contribution in [0.5, 0.6) is 5.75 Å². The largest absolute Gasteiger partial charge is 0.497 e. The van der Waals surface area contributed by atoms with E-state index in [1.54, 1.807) is 31.4 Å². The monoisotopic (exact) mass is 394 g/mol. The first-order valence-corrected chi connectivity index (χ1v) is 10.0. The Balaban J connectivity index is 1.57. The third-order valence-electron chi connectivity index (χ3n) is 5.81. The summed E-state index contributed by atoms with van der Waals surface area (Å²) in [7, 11) is 1.60. The molecule has 2 atom stereocenters. The standard InChI is InChI=1S/C23H26N2O4/c1-28-19-9-7-18(8-10-19)22(26)25-15-20(17-5-3-2-4-6-17)21(16-25)23(27)24-11-13-29-14-12-24/h2-10,20-21H,11-16H2,1H3. The van der Waals surface area contributed by atoms with Gasteiger partial charge in [0.25, 0.3) is 5.91 Å². The molecule has 2 aromatic carbocycles. The molecule has 2 heterocycles. The Bertz CT molecular complexity index is 847. The minimum absolute atomic E-state index is 0.00579. The van der Waals surface area contributed by atoms with Crippen molar-refractivity contribution in [1.29, 1.82) is 0 Å². The molecule has 2 aliphatic rings. The Labute approximate surface area is 171 Å². The predicted octanol–water partition coefficient (Wildman–Crippen LogP) is 2.41. The van der Waals surface area contributed by atoms with Crippen molar-refractivity contribution in [3.05, 3.63) is 65.7 Å². The highest BCUT2D eigenvalue weighted by Gasteiger charge is 2.42. The second-order valence-electron chi connectivity index (χ2n) is 7.50. The fourth-order valence-electron chi connectivity index (χ4n) is 4.19. The molecular formula is C23H26N2O4. The maximum absolute atomic E-state index is 13.3. The van der Waals surface area contributed by atoms with E-state index in [9.17, 15) is 9.59 Å². The topological polar surface area (TPSA) is 59.1 Å². The molecule has 2 saturated heterocycles. The molecular weight excluding hydrogens is 368 g/mol. The number of hydrogen-bond acceptors (Lipinski definition) is 4. The van der Waals surface area contributed by atoms with E-state index in [1.165, 1.54) is 0 Å². The van der Waals surface area contributed by atoms with Crippen molar-refractivity contribution in [2.24, 2.45) is 5.92 Å². The van der Waals surface area contributed by atoms with Crippen molar-refractivity contribution in [2.45, 2.75) is 5.92 Å². The lowest BCUT2D eigenvalue weighted by Crippen LogP contribution is -2.45. The zero-order chi connectivity index (χ0) is 20.2. The van der Waals surface area contributed by atoms with Gasteiger partial charge in [-0.2, -0.15) is 0 Å². The minimum atomic E-state index is -0.238. The Kier molecular flexibility index (Phi) is 5.81. The fourth-order valence-corrected chi connectivity index (χ4v) is 4.19. The maximum Gasteiger partial charge on any atom is 0.253 e. The summed E-state index contributed by atoms with van der Waals surface area (Å²) < 4.78 is 10.6. The SMILES string of the molecule is COc1ccc(C(=O)N2CC(C(=O)N3CCOCC3)C(c3ccccc3)C2)cc1. The molecule has 2 fully saturated rings. The summed E-state index contributed by atoms with van der Waals surface area (Å²) in [5, 5.41) is 0. The number of likely N-dealkylation sites (tertiary alicyclic amines) is 1. The molecule has 6 nitrogen and oxygen atoms in total. The molecule has 0 bridgehead atoms. The highest BCUT2D eigenvalue weighted by molar-refractivity contribution is 5.95. The van der Waals surface area contributed by atoms with Crippen molar-refractivity contribution < 1.29 is 19.1 Å². The number of ether oxygens (including phenoxy) is 2. The van der Waals surface area contributed by atoms with Crippen molar-refractivity contribution in [2.75, 3.05) is 46.5 Å². The molecule has 6 heteroatoms. The smallest absolute Gasteiger partial charge is 0.253 e. The van der Waals surface area contributed by atoms with E-state index in [0.717, 1.165) is 5.56 Å². The van der Waals surface area contributed by atoms with Gasteiger partial charge in [0.2, 0.25) is 5.91 Å². The molecule has 2 aliphatic heterocycles. The van der Waals surface area contributed by atoms with E-state index in [0.29, 0.717) is 50.7 Å². The summed E-state index contributed by atoms with van der Waals surface area (Å²) in [6, 6.07) is 17.2. The molecule has 0 aliphatic carbocycles. The lowest BCUT2D eigenvalue weighted by atomic mass is 9.88. The molecule has 4 rings (SSSR count). The van der Waals surface area contributed by atoms with E-state index >= 15 is 0 Å². The highest BCUT2D eigenvalue weighted by Crippen LogP contribution is 2.35. The van der Waals surface area contributed by atoms with Gasteiger partial charge >= 0.3 is 0 Å². The molecule has 0 aromatic heterocycles.